The van der Waals surface area contributed by atoms with Crippen molar-refractivity contribution in [2.45, 2.75) is 52.9 Å². The minimum Gasteiger partial charge on any atom is -0.466 e. The van der Waals surface area contributed by atoms with Gasteiger partial charge in [0, 0.05) is 18.8 Å². The summed E-state index contributed by atoms with van der Waals surface area (Å²) in [6.07, 6.45) is 3.99. The number of hydrogen-bond donors (Lipinski definition) is 0. The van der Waals surface area contributed by atoms with Gasteiger partial charge in [-0.05, 0) is 64.5 Å². The van der Waals surface area contributed by atoms with E-state index in [2.05, 4.69) is 22.1 Å². The third-order valence-electron chi connectivity index (χ3n) is 5.72. The molecule has 0 spiro atoms. The average Bonchev–Trinajstić information content (AvgIpc) is 2.73. The topological polar surface area (TPSA) is 72.4 Å². The summed E-state index contributed by atoms with van der Waals surface area (Å²) in [5.74, 6) is 0.250. The maximum atomic E-state index is 13.2. The van der Waals surface area contributed by atoms with Crippen LogP contribution in [0.1, 0.15) is 60.2 Å². The second kappa shape index (κ2) is 9.83. The molecule has 0 radical (unpaired) electrons. The molecule has 0 bridgehead atoms. The molecule has 1 amide bonds. The van der Waals surface area contributed by atoms with E-state index in [1.54, 1.807) is 17.9 Å². The van der Waals surface area contributed by atoms with Crippen LogP contribution in [-0.4, -0.2) is 46.4 Å². The Morgan fingerprint density at radius 3 is 2.63 bits per heavy atom. The summed E-state index contributed by atoms with van der Waals surface area (Å²) in [5, 5.41) is 0. The van der Waals surface area contributed by atoms with Crippen molar-refractivity contribution in [1.82, 2.24) is 14.9 Å². The molecule has 2 heterocycles. The van der Waals surface area contributed by atoms with Crippen LogP contribution in [0.5, 0.6) is 0 Å². The molecule has 1 aromatic carbocycles. The quantitative estimate of drug-likeness (QED) is 0.649. The van der Waals surface area contributed by atoms with E-state index in [-0.39, 0.29) is 11.9 Å². The van der Waals surface area contributed by atoms with E-state index in [1.807, 2.05) is 32.0 Å². The van der Waals surface area contributed by atoms with Crippen molar-refractivity contribution in [3.05, 3.63) is 59.2 Å². The minimum absolute atomic E-state index is 0.139. The van der Waals surface area contributed by atoms with Gasteiger partial charge >= 0.3 is 5.97 Å². The maximum absolute atomic E-state index is 13.2. The van der Waals surface area contributed by atoms with Gasteiger partial charge in [-0.2, -0.15) is 0 Å². The summed E-state index contributed by atoms with van der Waals surface area (Å²) in [5.41, 5.74) is 1.76. The molecule has 1 atom stereocenters. The molecule has 1 saturated heterocycles. The Bertz CT molecular complexity index is 864. The van der Waals surface area contributed by atoms with Crippen molar-refractivity contribution in [2.24, 2.45) is 5.41 Å². The van der Waals surface area contributed by atoms with E-state index in [0.29, 0.717) is 37.6 Å². The molecule has 1 aromatic heterocycles. The SMILES string of the molecule is CCOC(=O)C1(CCCc2ccccc2)CCCN(C(=O)c2cc(C)nc(C)n2)C1. The van der Waals surface area contributed by atoms with Crippen molar-refractivity contribution in [1.29, 1.82) is 0 Å². The molecule has 1 fully saturated rings. The van der Waals surface area contributed by atoms with Gasteiger partial charge in [0.1, 0.15) is 11.5 Å². The summed E-state index contributed by atoms with van der Waals surface area (Å²) < 4.78 is 5.46. The third kappa shape index (κ3) is 5.23. The predicted octanol–water partition coefficient (Wildman–Crippen LogP) is 3.90. The molecule has 2 aromatic rings. The fourth-order valence-corrected chi connectivity index (χ4v) is 4.33. The van der Waals surface area contributed by atoms with Crippen LogP contribution in [-0.2, 0) is 16.0 Å². The van der Waals surface area contributed by atoms with Crippen molar-refractivity contribution in [2.75, 3.05) is 19.7 Å². The summed E-state index contributed by atoms with van der Waals surface area (Å²) in [4.78, 5) is 36.5. The van der Waals surface area contributed by atoms with Gasteiger partial charge in [-0.15, -0.1) is 0 Å². The normalized spacial score (nSPS) is 18.8. The molecule has 1 unspecified atom stereocenters. The Balaban J connectivity index is 1.76. The molecular weight excluding hydrogens is 378 g/mol. The highest BCUT2D eigenvalue weighted by molar-refractivity contribution is 5.93. The van der Waals surface area contributed by atoms with Gasteiger partial charge in [0.05, 0.1) is 12.0 Å². The number of esters is 1. The van der Waals surface area contributed by atoms with Crippen molar-refractivity contribution in [3.8, 4) is 0 Å². The second-order valence-electron chi connectivity index (χ2n) is 8.11. The van der Waals surface area contributed by atoms with Crippen molar-refractivity contribution < 1.29 is 14.3 Å². The molecule has 0 N–H and O–H groups in total. The largest absolute Gasteiger partial charge is 0.466 e. The first-order chi connectivity index (χ1) is 14.4. The average molecular weight is 410 g/mol. The fourth-order valence-electron chi connectivity index (χ4n) is 4.33. The molecule has 3 rings (SSSR count). The molecule has 0 aliphatic carbocycles. The van der Waals surface area contributed by atoms with Crippen molar-refractivity contribution >= 4 is 11.9 Å². The molecule has 0 saturated carbocycles. The number of carbonyl (C=O) groups excluding carboxylic acids is 2. The number of benzene rings is 1. The van der Waals surface area contributed by atoms with E-state index in [4.69, 9.17) is 4.74 Å². The van der Waals surface area contributed by atoms with E-state index in [0.717, 1.165) is 31.4 Å². The van der Waals surface area contributed by atoms with Crippen LogP contribution >= 0.6 is 0 Å². The molecule has 30 heavy (non-hydrogen) atoms. The first-order valence-corrected chi connectivity index (χ1v) is 10.8. The van der Waals surface area contributed by atoms with Crippen LogP contribution in [0.2, 0.25) is 0 Å². The number of rotatable bonds is 7. The molecule has 6 nitrogen and oxygen atoms in total. The summed E-state index contributed by atoms with van der Waals surface area (Å²) in [6, 6.07) is 12.0. The Morgan fingerprint density at radius 2 is 1.93 bits per heavy atom. The number of hydrogen-bond acceptors (Lipinski definition) is 5. The lowest BCUT2D eigenvalue weighted by Gasteiger charge is -2.41. The van der Waals surface area contributed by atoms with Gasteiger partial charge in [-0.25, -0.2) is 9.97 Å². The zero-order valence-corrected chi connectivity index (χ0v) is 18.2. The zero-order chi connectivity index (χ0) is 21.6. The van der Waals surface area contributed by atoms with Crippen LogP contribution in [0.15, 0.2) is 36.4 Å². The number of carbonyl (C=O) groups is 2. The molecule has 1 aliphatic rings. The number of nitrogens with zero attached hydrogens (tertiary/aromatic N) is 3. The standard InChI is InChI=1S/C24H31N3O3/c1-4-30-23(29)24(13-8-12-20-10-6-5-7-11-20)14-9-15-27(17-24)22(28)21-16-18(2)25-19(3)26-21/h5-7,10-11,16H,4,8-9,12-15,17H2,1-3H3. The van der Waals surface area contributed by atoms with Crippen LogP contribution in [0.25, 0.3) is 0 Å². The van der Waals surface area contributed by atoms with Gasteiger partial charge in [0.25, 0.3) is 5.91 Å². The Hall–Kier alpha value is -2.76. The van der Waals surface area contributed by atoms with E-state index in [1.165, 1.54) is 5.56 Å². The number of piperidine rings is 1. The highest BCUT2D eigenvalue weighted by atomic mass is 16.5. The second-order valence-corrected chi connectivity index (χ2v) is 8.11. The summed E-state index contributed by atoms with van der Waals surface area (Å²) in [7, 11) is 0. The van der Waals surface area contributed by atoms with Gasteiger partial charge in [0.15, 0.2) is 0 Å². The monoisotopic (exact) mass is 409 g/mol. The minimum atomic E-state index is -0.657. The summed E-state index contributed by atoms with van der Waals surface area (Å²) >= 11 is 0. The van der Waals surface area contributed by atoms with E-state index < -0.39 is 5.41 Å². The molecule has 1 aliphatic heterocycles. The lowest BCUT2D eigenvalue weighted by molar-refractivity contribution is -0.159. The Kier molecular flexibility index (Phi) is 7.19. The van der Waals surface area contributed by atoms with Crippen LogP contribution in [0.3, 0.4) is 0 Å². The van der Waals surface area contributed by atoms with Crippen LogP contribution in [0, 0.1) is 19.3 Å². The molecule has 160 valence electrons. The van der Waals surface area contributed by atoms with Crippen LogP contribution in [0.4, 0.5) is 0 Å². The first kappa shape index (κ1) is 21.9. The third-order valence-corrected chi connectivity index (χ3v) is 5.72. The van der Waals surface area contributed by atoms with Gasteiger partial charge < -0.3 is 9.64 Å². The molecule has 6 heteroatoms. The maximum Gasteiger partial charge on any atom is 0.313 e. The van der Waals surface area contributed by atoms with E-state index in [9.17, 15) is 9.59 Å². The smallest absolute Gasteiger partial charge is 0.313 e. The van der Waals surface area contributed by atoms with Crippen molar-refractivity contribution in [3.63, 3.8) is 0 Å². The number of aromatic nitrogens is 2. The highest BCUT2D eigenvalue weighted by Gasteiger charge is 2.44. The van der Waals surface area contributed by atoms with E-state index >= 15 is 0 Å². The van der Waals surface area contributed by atoms with Gasteiger partial charge in [0.2, 0.25) is 0 Å². The first-order valence-electron chi connectivity index (χ1n) is 10.8. The molecular formula is C24H31N3O3. The number of amides is 1. The zero-order valence-electron chi connectivity index (χ0n) is 18.2. The predicted molar refractivity (Wildman–Crippen MR) is 115 cm³/mol. The number of ether oxygens (including phenoxy) is 1. The Labute approximate surface area is 178 Å². The highest BCUT2D eigenvalue weighted by Crippen LogP contribution is 2.37. The Morgan fingerprint density at radius 1 is 1.17 bits per heavy atom. The lowest BCUT2D eigenvalue weighted by atomic mass is 9.75. The lowest BCUT2D eigenvalue weighted by Crippen LogP contribution is -2.50. The fraction of sp³-hybridized carbons (Fsp3) is 0.500. The van der Waals surface area contributed by atoms with Gasteiger partial charge in [-0.1, -0.05) is 30.3 Å². The van der Waals surface area contributed by atoms with Gasteiger partial charge in [-0.3, -0.25) is 9.59 Å². The number of likely N-dealkylation sites (tertiary alicyclic amines) is 1. The summed E-state index contributed by atoms with van der Waals surface area (Å²) in [6.45, 7) is 6.81. The number of aryl methyl sites for hydroxylation is 3. The van der Waals surface area contributed by atoms with Crippen LogP contribution < -0.4 is 0 Å².